The Morgan fingerprint density at radius 3 is 2.37 bits per heavy atom. The number of anilines is 1. The van der Waals surface area contributed by atoms with Gasteiger partial charge in [0.15, 0.2) is 0 Å². The van der Waals surface area contributed by atoms with E-state index in [1.54, 1.807) is 4.68 Å². The number of hydrogen-bond donors (Lipinski definition) is 1. The summed E-state index contributed by atoms with van der Waals surface area (Å²) < 4.78 is 1.75. The number of benzene rings is 1. The summed E-state index contributed by atoms with van der Waals surface area (Å²) in [5.41, 5.74) is 1.25. The summed E-state index contributed by atoms with van der Waals surface area (Å²) in [4.78, 5) is 2.32. The molecule has 4 heteroatoms. The van der Waals surface area contributed by atoms with Gasteiger partial charge in [-0.15, -0.1) is 0 Å². The van der Waals surface area contributed by atoms with E-state index in [9.17, 15) is 5.11 Å². The molecule has 1 aliphatic rings. The Labute approximate surface area is 113 Å². The van der Waals surface area contributed by atoms with Gasteiger partial charge in [-0.3, -0.25) is 4.68 Å². The highest BCUT2D eigenvalue weighted by Crippen LogP contribution is 2.33. The van der Waals surface area contributed by atoms with E-state index in [0.717, 1.165) is 31.6 Å². The van der Waals surface area contributed by atoms with Gasteiger partial charge >= 0.3 is 0 Å². The van der Waals surface area contributed by atoms with Crippen LogP contribution in [-0.2, 0) is 12.6 Å². The van der Waals surface area contributed by atoms with Crippen LogP contribution < -0.4 is 4.90 Å². The van der Waals surface area contributed by atoms with Crippen LogP contribution in [0.4, 0.5) is 5.69 Å². The molecule has 0 aliphatic carbocycles. The Morgan fingerprint density at radius 2 is 1.79 bits per heavy atom. The lowest BCUT2D eigenvalue weighted by Gasteiger charge is -2.38. The molecule has 0 bridgehead atoms. The predicted octanol–water partition coefficient (Wildman–Crippen LogP) is 1.91. The van der Waals surface area contributed by atoms with Crippen LogP contribution in [0, 0.1) is 0 Å². The van der Waals surface area contributed by atoms with Crippen molar-refractivity contribution in [2.45, 2.75) is 18.4 Å². The molecule has 1 aliphatic heterocycles. The van der Waals surface area contributed by atoms with Gasteiger partial charge in [-0.2, -0.15) is 5.10 Å². The summed E-state index contributed by atoms with van der Waals surface area (Å²) in [6.45, 7) is 1.72. The molecule has 0 radical (unpaired) electrons. The summed E-state index contributed by atoms with van der Waals surface area (Å²) in [6, 6.07) is 12.3. The molecule has 0 saturated carbocycles. The Hall–Kier alpha value is -1.81. The molecule has 19 heavy (non-hydrogen) atoms. The Morgan fingerprint density at radius 1 is 1.11 bits per heavy atom. The van der Waals surface area contributed by atoms with Crippen molar-refractivity contribution in [2.75, 3.05) is 18.0 Å². The molecule has 1 fully saturated rings. The molecule has 0 spiro atoms. The van der Waals surface area contributed by atoms with Crippen molar-refractivity contribution in [3.8, 4) is 0 Å². The van der Waals surface area contributed by atoms with E-state index in [1.165, 1.54) is 5.69 Å². The van der Waals surface area contributed by atoms with Gasteiger partial charge < -0.3 is 10.0 Å². The van der Waals surface area contributed by atoms with Crippen molar-refractivity contribution in [1.29, 1.82) is 0 Å². The third-order valence-electron chi connectivity index (χ3n) is 3.90. The maximum absolute atomic E-state index is 10.7. The minimum Gasteiger partial charge on any atom is -0.383 e. The van der Waals surface area contributed by atoms with E-state index in [1.807, 2.05) is 25.4 Å². The second kappa shape index (κ2) is 4.70. The summed E-state index contributed by atoms with van der Waals surface area (Å²) in [5.74, 6) is 0. The van der Waals surface area contributed by atoms with Gasteiger partial charge in [-0.25, -0.2) is 0 Å². The number of para-hydroxylation sites is 1. The average molecular weight is 257 g/mol. The highest BCUT2D eigenvalue weighted by Gasteiger charge is 2.35. The SMILES string of the molecule is Cn1ccc(C2(O)CCN(c3ccccc3)CC2)n1. The second-order valence-electron chi connectivity index (χ2n) is 5.23. The van der Waals surface area contributed by atoms with E-state index in [-0.39, 0.29) is 0 Å². The van der Waals surface area contributed by atoms with Gasteiger partial charge in [0.2, 0.25) is 0 Å². The smallest absolute Gasteiger partial charge is 0.112 e. The third kappa shape index (κ3) is 2.36. The first-order valence-electron chi connectivity index (χ1n) is 6.70. The molecule has 3 rings (SSSR count). The van der Waals surface area contributed by atoms with Crippen molar-refractivity contribution in [3.63, 3.8) is 0 Å². The van der Waals surface area contributed by atoms with Crippen molar-refractivity contribution in [3.05, 3.63) is 48.3 Å². The van der Waals surface area contributed by atoms with Crippen LogP contribution in [0.25, 0.3) is 0 Å². The van der Waals surface area contributed by atoms with Crippen molar-refractivity contribution < 1.29 is 5.11 Å². The van der Waals surface area contributed by atoms with Crippen LogP contribution in [-0.4, -0.2) is 28.0 Å². The fourth-order valence-corrected chi connectivity index (χ4v) is 2.69. The number of aromatic nitrogens is 2. The predicted molar refractivity (Wildman–Crippen MR) is 75.0 cm³/mol. The fourth-order valence-electron chi connectivity index (χ4n) is 2.69. The quantitative estimate of drug-likeness (QED) is 0.893. The molecule has 0 unspecified atom stereocenters. The van der Waals surface area contributed by atoms with Gasteiger partial charge in [0.05, 0.1) is 5.69 Å². The van der Waals surface area contributed by atoms with Crippen LogP contribution in [0.3, 0.4) is 0 Å². The molecule has 4 nitrogen and oxygen atoms in total. The van der Waals surface area contributed by atoms with E-state index in [0.29, 0.717) is 0 Å². The minimum absolute atomic E-state index is 0.721. The molecule has 2 aromatic rings. The van der Waals surface area contributed by atoms with E-state index in [2.05, 4.69) is 34.3 Å². The molecule has 0 amide bonds. The van der Waals surface area contributed by atoms with Crippen LogP contribution in [0.2, 0.25) is 0 Å². The Balaban J connectivity index is 1.72. The van der Waals surface area contributed by atoms with Crippen LogP contribution in [0.5, 0.6) is 0 Å². The Kier molecular flexibility index (Phi) is 3.03. The van der Waals surface area contributed by atoms with Gasteiger partial charge in [-0.1, -0.05) is 18.2 Å². The van der Waals surface area contributed by atoms with Crippen molar-refractivity contribution >= 4 is 5.69 Å². The highest BCUT2D eigenvalue weighted by atomic mass is 16.3. The summed E-state index contributed by atoms with van der Waals surface area (Å²) in [6.07, 6.45) is 3.33. The lowest BCUT2D eigenvalue weighted by Crippen LogP contribution is -2.43. The number of hydrogen-bond acceptors (Lipinski definition) is 3. The first kappa shape index (κ1) is 12.2. The molecule has 2 heterocycles. The van der Waals surface area contributed by atoms with Gasteiger partial charge in [0, 0.05) is 32.0 Å². The van der Waals surface area contributed by atoms with E-state index in [4.69, 9.17) is 0 Å². The lowest BCUT2D eigenvalue weighted by atomic mass is 9.88. The number of piperidine rings is 1. The van der Waals surface area contributed by atoms with Crippen molar-refractivity contribution in [1.82, 2.24) is 9.78 Å². The average Bonchev–Trinajstić information content (AvgIpc) is 2.88. The maximum Gasteiger partial charge on any atom is 0.112 e. The largest absolute Gasteiger partial charge is 0.383 e. The second-order valence-corrected chi connectivity index (χ2v) is 5.23. The first-order chi connectivity index (χ1) is 9.17. The van der Waals surface area contributed by atoms with Crippen LogP contribution in [0.1, 0.15) is 18.5 Å². The summed E-state index contributed by atoms with van der Waals surface area (Å²) in [5, 5.41) is 15.1. The van der Waals surface area contributed by atoms with Crippen LogP contribution in [0.15, 0.2) is 42.6 Å². The zero-order valence-electron chi connectivity index (χ0n) is 11.2. The Bertz CT molecular complexity index is 542. The zero-order chi connectivity index (χ0) is 13.3. The summed E-state index contributed by atoms with van der Waals surface area (Å²) in [7, 11) is 1.88. The van der Waals surface area contributed by atoms with Gasteiger partial charge in [0.25, 0.3) is 0 Å². The highest BCUT2D eigenvalue weighted by molar-refractivity contribution is 5.46. The molecule has 1 aromatic heterocycles. The topological polar surface area (TPSA) is 41.3 Å². The monoisotopic (exact) mass is 257 g/mol. The molecular weight excluding hydrogens is 238 g/mol. The van der Waals surface area contributed by atoms with Gasteiger partial charge in [-0.05, 0) is 31.0 Å². The molecule has 1 aromatic carbocycles. The maximum atomic E-state index is 10.7. The number of nitrogens with zero attached hydrogens (tertiary/aromatic N) is 3. The molecule has 1 saturated heterocycles. The van der Waals surface area contributed by atoms with Gasteiger partial charge in [0.1, 0.15) is 5.60 Å². The van der Waals surface area contributed by atoms with Crippen molar-refractivity contribution in [2.24, 2.45) is 7.05 Å². The summed E-state index contributed by atoms with van der Waals surface area (Å²) >= 11 is 0. The van der Waals surface area contributed by atoms with Crippen LogP contribution >= 0.6 is 0 Å². The minimum atomic E-state index is -0.771. The molecular formula is C15H19N3O. The third-order valence-corrected chi connectivity index (χ3v) is 3.90. The zero-order valence-corrected chi connectivity index (χ0v) is 11.2. The standard InChI is InChI=1S/C15H19N3O/c1-17-10-7-14(16-17)15(19)8-11-18(12-9-15)13-5-3-2-4-6-13/h2-7,10,19H,8-9,11-12H2,1H3. The molecule has 1 N–H and O–H groups in total. The lowest BCUT2D eigenvalue weighted by molar-refractivity contribution is 0.00713. The van der Waals surface area contributed by atoms with E-state index >= 15 is 0 Å². The first-order valence-corrected chi connectivity index (χ1v) is 6.70. The number of aliphatic hydroxyl groups is 1. The molecule has 0 atom stereocenters. The number of aryl methyl sites for hydroxylation is 1. The normalized spacial score (nSPS) is 18.5. The number of rotatable bonds is 2. The fraction of sp³-hybridized carbons (Fsp3) is 0.400. The molecule has 100 valence electrons. The van der Waals surface area contributed by atoms with E-state index < -0.39 is 5.60 Å².